The number of hydrogen-bond donors (Lipinski definition) is 0. The van der Waals surface area contributed by atoms with Crippen LogP contribution in [-0.4, -0.2) is 0 Å². The van der Waals surface area contributed by atoms with E-state index in [0.717, 1.165) is 0 Å². The van der Waals surface area contributed by atoms with E-state index in [2.05, 4.69) is 66.7 Å². The fourth-order valence-electron chi connectivity index (χ4n) is 2.32. The number of hydrogen-bond acceptors (Lipinski definition) is 0. The summed E-state index contributed by atoms with van der Waals surface area (Å²) in [6.45, 7) is 0. The Morgan fingerprint density at radius 2 is 1.35 bits per heavy atom. The van der Waals surface area contributed by atoms with Crippen molar-refractivity contribution in [2.75, 3.05) is 0 Å². The van der Waals surface area contributed by atoms with Crippen LogP contribution in [0.1, 0.15) is 11.1 Å². The summed E-state index contributed by atoms with van der Waals surface area (Å²) in [5, 5.41) is 0. The van der Waals surface area contributed by atoms with E-state index in [1.54, 1.807) is 0 Å². The normalized spacial score (nSPS) is 13.8. The summed E-state index contributed by atoms with van der Waals surface area (Å²) in [5.74, 6) is 0. The van der Waals surface area contributed by atoms with Gasteiger partial charge in [0.25, 0.3) is 0 Å². The Hall–Kier alpha value is -1.82. The molecule has 0 amide bonds. The maximum Gasteiger partial charge on any atom is 2.00 e. The van der Waals surface area contributed by atoms with E-state index in [0.29, 0.717) is 0 Å². The fraction of sp³-hybridized carbons (Fsp3) is 0.0526. The molecule has 0 atom stereocenters. The molecule has 3 aromatic carbocycles. The van der Waals surface area contributed by atoms with Crippen LogP contribution in [0.15, 0.2) is 97.1 Å². The van der Waals surface area contributed by atoms with Gasteiger partial charge in [-0.25, -0.2) is 24.3 Å². The van der Waals surface area contributed by atoms with Gasteiger partial charge in [0.1, 0.15) is 0 Å². The molecular formula is C19H16Fe. The molecule has 0 bridgehead atoms. The average molecular weight is 300 g/mol. The fourth-order valence-corrected chi connectivity index (χ4v) is 2.32. The Labute approximate surface area is 131 Å². The molecule has 1 aliphatic carbocycles. The van der Waals surface area contributed by atoms with Gasteiger partial charge in [-0.05, 0) is 5.56 Å². The van der Waals surface area contributed by atoms with E-state index in [1.165, 1.54) is 11.1 Å². The molecular weight excluding hydrogens is 284 g/mol. The maximum absolute atomic E-state index is 2.26. The Bertz CT molecular complexity index is 593. The second-order valence-electron chi connectivity index (χ2n) is 4.70. The predicted molar refractivity (Wildman–Crippen MR) is 80.4 cm³/mol. The van der Waals surface area contributed by atoms with Gasteiger partial charge in [0.05, 0.1) is 0 Å². The Kier molecular flexibility index (Phi) is 4.79. The van der Waals surface area contributed by atoms with Gasteiger partial charge >= 0.3 is 17.1 Å². The Balaban J connectivity index is 0.000000210. The number of benzene rings is 1. The first-order valence-corrected chi connectivity index (χ1v) is 6.57. The second kappa shape index (κ2) is 6.56. The third-order valence-electron chi connectivity index (χ3n) is 3.45. The van der Waals surface area contributed by atoms with Crippen molar-refractivity contribution < 1.29 is 17.1 Å². The van der Waals surface area contributed by atoms with Crippen molar-refractivity contribution >= 4 is 0 Å². The zero-order chi connectivity index (χ0) is 13.0. The molecule has 0 saturated heterocycles. The van der Waals surface area contributed by atoms with Gasteiger partial charge in [0.2, 0.25) is 0 Å². The molecule has 0 aromatic heterocycles. The van der Waals surface area contributed by atoms with E-state index in [4.69, 9.17) is 0 Å². The Morgan fingerprint density at radius 3 is 1.80 bits per heavy atom. The smallest absolute Gasteiger partial charge is 0.214 e. The van der Waals surface area contributed by atoms with Crippen LogP contribution in [-0.2, 0) is 22.5 Å². The molecule has 0 spiro atoms. The van der Waals surface area contributed by atoms with E-state index in [9.17, 15) is 0 Å². The zero-order valence-corrected chi connectivity index (χ0v) is 12.2. The summed E-state index contributed by atoms with van der Waals surface area (Å²) in [6.07, 6.45) is 4.52. The van der Waals surface area contributed by atoms with Crippen molar-refractivity contribution in [3.63, 3.8) is 0 Å². The molecule has 4 rings (SSSR count). The van der Waals surface area contributed by atoms with Crippen LogP contribution in [0, 0.1) is 0 Å². The molecule has 0 radical (unpaired) electrons. The number of rotatable bonds is 2. The van der Waals surface area contributed by atoms with Gasteiger partial charge in [-0.15, -0.1) is 5.56 Å². The van der Waals surface area contributed by atoms with Gasteiger partial charge in [-0.2, -0.15) is 30.3 Å². The first-order valence-electron chi connectivity index (χ1n) is 6.57. The quantitative estimate of drug-likeness (QED) is 0.367. The van der Waals surface area contributed by atoms with Gasteiger partial charge in [0.15, 0.2) is 0 Å². The van der Waals surface area contributed by atoms with E-state index >= 15 is 0 Å². The van der Waals surface area contributed by atoms with Crippen molar-refractivity contribution in [3.05, 3.63) is 108 Å². The summed E-state index contributed by atoms with van der Waals surface area (Å²) in [4.78, 5) is 0. The minimum absolute atomic E-state index is 0. The van der Waals surface area contributed by atoms with Crippen LogP contribution in [0.4, 0.5) is 0 Å². The number of allylic oxidation sites excluding steroid dienone is 2. The van der Waals surface area contributed by atoms with E-state index in [1.807, 2.05) is 30.3 Å². The largest absolute Gasteiger partial charge is 2.00 e. The molecule has 0 unspecified atom stereocenters. The standard InChI is InChI=1S/C14H11.C5H5.Fe/c1-2-6-12(7-3-1)14(10-11-14)13-8-4-5-9-13;1-2-4-5-3-1;/h1-11H;1-5H;/q2*-1;+2. The summed E-state index contributed by atoms with van der Waals surface area (Å²) in [6, 6.07) is 29.2. The summed E-state index contributed by atoms with van der Waals surface area (Å²) in [7, 11) is 0. The topological polar surface area (TPSA) is 0 Å². The summed E-state index contributed by atoms with van der Waals surface area (Å²) >= 11 is 0. The van der Waals surface area contributed by atoms with Gasteiger partial charge in [0, 0.05) is 5.41 Å². The van der Waals surface area contributed by atoms with Crippen LogP contribution in [0.25, 0.3) is 0 Å². The molecule has 0 nitrogen and oxygen atoms in total. The minimum Gasteiger partial charge on any atom is -0.214 e. The van der Waals surface area contributed by atoms with Crippen LogP contribution >= 0.6 is 0 Å². The molecule has 0 aliphatic heterocycles. The molecule has 0 fully saturated rings. The molecule has 20 heavy (non-hydrogen) atoms. The van der Waals surface area contributed by atoms with Gasteiger partial charge < -0.3 is 0 Å². The van der Waals surface area contributed by atoms with E-state index in [-0.39, 0.29) is 22.5 Å². The molecule has 0 heterocycles. The third kappa shape index (κ3) is 3.01. The molecule has 0 N–H and O–H groups in total. The monoisotopic (exact) mass is 300 g/mol. The van der Waals surface area contributed by atoms with Crippen molar-refractivity contribution in [2.24, 2.45) is 0 Å². The SMILES string of the molecule is C1=CC1(c1ccccc1)[c-]1cccc1.[Fe+2].c1cc[cH-]c1. The Morgan fingerprint density at radius 1 is 0.750 bits per heavy atom. The van der Waals surface area contributed by atoms with Crippen molar-refractivity contribution in [3.8, 4) is 0 Å². The first-order chi connectivity index (χ1) is 9.42. The molecule has 3 aromatic rings. The van der Waals surface area contributed by atoms with Gasteiger partial charge in [-0.3, -0.25) is 0 Å². The maximum atomic E-state index is 2.26. The average Bonchev–Trinajstić information content (AvgIpc) is 2.96. The van der Waals surface area contributed by atoms with Crippen LogP contribution in [0.2, 0.25) is 0 Å². The summed E-state index contributed by atoms with van der Waals surface area (Å²) in [5.41, 5.74) is 2.86. The third-order valence-corrected chi connectivity index (χ3v) is 3.45. The van der Waals surface area contributed by atoms with Crippen LogP contribution < -0.4 is 0 Å². The summed E-state index contributed by atoms with van der Waals surface area (Å²) < 4.78 is 0. The minimum atomic E-state index is 0. The molecule has 100 valence electrons. The predicted octanol–water partition coefficient (Wildman–Crippen LogP) is 4.66. The van der Waals surface area contributed by atoms with Crippen LogP contribution in [0.5, 0.6) is 0 Å². The van der Waals surface area contributed by atoms with Gasteiger partial charge in [-0.1, -0.05) is 42.5 Å². The van der Waals surface area contributed by atoms with Crippen molar-refractivity contribution in [2.45, 2.75) is 5.41 Å². The second-order valence-corrected chi connectivity index (χ2v) is 4.70. The van der Waals surface area contributed by atoms with Crippen LogP contribution in [0.3, 0.4) is 0 Å². The molecule has 0 saturated carbocycles. The van der Waals surface area contributed by atoms with Crippen molar-refractivity contribution in [1.29, 1.82) is 0 Å². The first kappa shape index (κ1) is 14.6. The zero-order valence-electron chi connectivity index (χ0n) is 11.1. The van der Waals surface area contributed by atoms with Crippen molar-refractivity contribution in [1.82, 2.24) is 0 Å². The van der Waals surface area contributed by atoms with E-state index < -0.39 is 0 Å². The molecule has 1 aliphatic rings. The molecule has 1 heteroatoms.